The molecule has 0 aromatic carbocycles. The summed E-state index contributed by atoms with van der Waals surface area (Å²) in [5.41, 5.74) is 5.23. The summed E-state index contributed by atoms with van der Waals surface area (Å²) < 4.78 is 4.99. The fourth-order valence-electron chi connectivity index (χ4n) is 1.66. The number of piperidine rings is 1. The molecule has 1 rings (SSSR count). The Kier molecular flexibility index (Phi) is 15.8. The fourth-order valence-corrected chi connectivity index (χ4v) is 1.66. The Morgan fingerprint density at radius 3 is 2.06 bits per heavy atom. The second kappa shape index (κ2) is 14.5. The van der Waals surface area contributed by atoms with E-state index in [-0.39, 0.29) is 11.8 Å². The third kappa shape index (κ3) is 10.5. The van der Waals surface area contributed by atoms with Crippen molar-refractivity contribution in [2.75, 3.05) is 33.4 Å². The molecule has 18 heavy (non-hydrogen) atoms. The standard InChI is InChI=1S/C9H18N2O2.C3H8.C2H6/c1-13-7-6-11-4-2-8(3-5-11)9(10)12;1-3-2;1-2/h8H,2-7H2,1H3,(H2,10,12);3H2,1-2H3;1-2H3. The number of primary amides is 1. The summed E-state index contributed by atoms with van der Waals surface area (Å²) in [6, 6.07) is 0. The van der Waals surface area contributed by atoms with Crippen LogP contribution in [0.3, 0.4) is 0 Å². The van der Waals surface area contributed by atoms with Crippen molar-refractivity contribution in [3.8, 4) is 0 Å². The molecule has 1 aliphatic rings. The first kappa shape index (κ1) is 19.7. The molecule has 0 saturated carbocycles. The molecular weight excluding hydrogens is 228 g/mol. The van der Waals surface area contributed by atoms with Gasteiger partial charge in [-0.05, 0) is 25.9 Å². The highest BCUT2D eigenvalue weighted by molar-refractivity contribution is 5.76. The summed E-state index contributed by atoms with van der Waals surface area (Å²) in [7, 11) is 1.70. The molecule has 2 N–H and O–H groups in total. The van der Waals surface area contributed by atoms with Gasteiger partial charge in [0, 0.05) is 19.6 Å². The number of hydrogen-bond acceptors (Lipinski definition) is 3. The molecule has 0 unspecified atom stereocenters. The molecule has 0 aromatic heterocycles. The number of hydrogen-bond donors (Lipinski definition) is 1. The summed E-state index contributed by atoms with van der Waals surface area (Å²) in [5.74, 6) is -0.0508. The molecule has 0 aromatic rings. The molecule has 0 atom stereocenters. The number of likely N-dealkylation sites (tertiary alicyclic amines) is 1. The number of rotatable bonds is 4. The van der Waals surface area contributed by atoms with Gasteiger partial charge in [-0.3, -0.25) is 4.79 Å². The van der Waals surface area contributed by atoms with Crippen molar-refractivity contribution in [3.05, 3.63) is 0 Å². The number of ether oxygens (including phenoxy) is 1. The molecule has 1 aliphatic heterocycles. The Morgan fingerprint density at radius 2 is 1.72 bits per heavy atom. The monoisotopic (exact) mass is 260 g/mol. The third-order valence-corrected chi connectivity index (χ3v) is 2.60. The molecule has 4 nitrogen and oxygen atoms in total. The van der Waals surface area contributed by atoms with E-state index >= 15 is 0 Å². The Balaban J connectivity index is 0. The van der Waals surface area contributed by atoms with E-state index < -0.39 is 0 Å². The van der Waals surface area contributed by atoms with Crippen LogP contribution in [0.25, 0.3) is 0 Å². The minimum Gasteiger partial charge on any atom is -0.383 e. The predicted molar refractivity (Wildman–Crippen MR) is 77.5 cm³/mol. The normalized spacial score (nSPS) is 16.1. The molecule has 1 saturated heterocycles. The number of nitrogens with two attached hydrogens (primary N) is 1. The average Bonchev–Trinajstić information content (AvgIpc) is 2.40. The third-order valence-electron chi connectivity index (χ3n) is 2.60. The van der Waals surface area contributed by atoms with Gasteiger partial charge in [-0.2, -0.15) is 0 Å². The number of nitrogens with zero attached hydrogens (tertiary/aromatic N) is 1. The quantitative estimate of drug-likeness (QED) is 0.843. The van der Waals surface area contributed by atoms with Crippen LogP contribution in [0.2, 0.25) is 0 Å². The maximum Gasteiger partial charge on any atom is 0.220 e. The Hall–Kier alpha value is -0.610. The molecule has 4 heteroatoms. The van der Waals surface area contributed by atoms with Crippen LogP contribution < -0.4 is 5.73 Å². The van der Waals surface area contributed by atoms with E-state index in [2.05, 4.69) is 18.7 Å². The molecule has 0 radical (unpaired) electrons. The number of methoxy groups -OCH3 is 1. The van der Waals surface area contributed by atoms with Gasteiger partial charge in [-0.15, -0.1) is 0 Å². The van der Waals surface area contributed by atoms with Crippen molar-refractivity contribution >= 4 is 5.91 Å². The highest BCUT2D eigenvalue weighted by atomic mass is 16.5. The van der Waals surface area contributed by atoms with E-state index in [0.717, 1.165) is 39.1 Å². The van der Waals surface area contributed by atoms with E-state index in [0.29, 0.717) is 0 Å². The summed E-state index contributed by atoms with van der Waals surface area (Å²) in [5, 5.41) is 0. The topological polar surface area (TPSA) is 55.6 Å². The smallest absolute Gasteiger partial charge is 0.220 e. The zero-order valence-corrected chi connectivity index (χ0v) is 12.9. The van der Waals surface area contributed by atoms with Crippen molar-refractivity contribution in [2.45, 2.75) is 47.0 Å². The second-order valence-corrected chi connectivity index (χ2v) is 4.22. The number of carbonyl (C=O) groups excluding carboxylic acids is 1. The van der Waals surface area contributed by atoms with Crippen LogP contribution in [0.15, 0.2) is 0 Å². The first-order valence-electron chi connectivity index (χ1n) is 7.16. The van der Waals surface area contributed by atoms with Gasteiger partial charge in [0.1, 0.15) is 0 Å². The molecule has 0 spiro atoms. The molecule has 0 bridgehead atoms. The first-order valence-corrected chi connectivity index (χ1v) is 7.16. The van der Waals surface area contributed by atoms with Gasteiger partial charge >= 0.3 is 0 Å². The molecule has 110 valence electrons. The largest absolute Gasteiger partial charge is 0.383 e. The van der Waals surface area contributed by atoms with Crippen LogP contribution in [-0.4, -0.2) is 44.2 Å². The molecule has 1 fully saturated rings. The zero-order valence-electron chi connectivity index (χ0n) is 12.9. The summed E-state index contributed by atoms with van der Waals surface area (Å²) >= 11 is 0. The zero-order chi connectivity index (χ0) is 14.4. The predicted octanol–water partition coefficient (Wildman–Crippen LogP) is 2.27. The lowest BCUT2D eigenvalue weighted by Crippen LogP contribution is -2.39. The Morgan fingerprint density at radius 1 is 1.28 bits per heavy atom. The minimum atomic E-state index is -0.147. The van der Waals surface area contributed by atoms with Gasteiger partial charge in [-0.25, -0.2) is 0 Å². The van der Waals surface area contributed by atoms with Gasteiger partial charge in [0.2, 0.25) is 5.91 Å². The van der Waals surface area contributed by atoms with Crippen LogP contribution in [0.5, 0.6) is 0 Å². The maximum absolute atomic E-state index is 10.9. The lowest BCUT2D eigenvalue weighted by Gasteiger charge is -2.29. The van der Waals surface area contributed by atoms with Crippen molar-refractivity contribution in [1.29, 1.82) is 0 Å². The van der Waals surface area contributed by atoms with E-state index in [1.807, 2.05) is 13.8 Å². The fraction of sp³-hybridized carbons (Fsp3) is 0.929. The molecular formula is C14H32N2O2. The molecule has 1 heterocycles. The SMILES string of the molecule is CC.CCC.COCCN1CCC(C(N)=O)CC1. The van der Waals surface area contributed by atoms with E-state index in [1.165, 1.54) is 6.42 Å². The Labute approximate surface area is 113 Å². The minimum absolute atomic E-state index is 0.0961. The van der Waals surface area contributed by atoms with Crippen LogP contribution >= 0.6 is 0 Å². The number of amides is 1. The van der Waals surface area contributed by atoms with Crippen molar-refractivity contribution in [1.82, 2.24) is 4.90 Å². The van der Waals surface area contributed by atoms with Gasteiger partial charge < -0.3 is 15.4 Å². The summed E-state index contributed by atoms with van der Waals surface area (Å²) in [6.07, 6.45) is 3.05. The average molecular weight is 260 g/mol. The van der Waals surface area contributed by atoms with Crippen molar-refractivity contribution < 1.29 is 9.53 Å². The van der Waals surface area contributed by atoms with Crippen LogP contribution in [0.4, 0.5) is 0 Å². The van der Waals surface area contributed by atoms with E-state index in [4.69, 9.17) is 10.5 Å². The Bertz CT molecular complexity index is 179. The highest BCUT2D eigenvalue weighted by Crippen LogP contribution is 2.15. The first-order chi connectivity index (χ1) is 8.65. The highest BCUT2D eigenvalue weighted by Gasteiger charge is 2.22. The summed E-state index contributed by atoms with van der Waals surface area (Å²) in [6.45, 7) is 11.9. The van der Waals surface area contributed by atoms with Gasteiger partial charge in [0.05, 0.1) is 6.61 Å². The van der Waals surface area contributed by atoms with Gasteiger partial charge in [0.15, 0.2) is 0 Å². The molecule has 1 amide bonds. The van der Waals surface area contributed by atoms with Crippen molar-refractivity contribution in [2.24, 2.45) is 11.7 Å². The summed E-state index contributed by atoms with van der Waals surface area (Å²) in [4.78, 5) is 13.2. The van der Waals surface area contributed by atoms with Crippen molar-refractivity contribution in [3.63, 3.8) is 0 Å². The lowest BCUT2D eigenvalue weighted by molar-refractivity contribution is -0.123. The van der Waals surface area contributed by atoms with Gasteiger partial charge in [-0.1, -0.05) is 34.1 Å². The molecule has 0 aliphatic carbocycles. The van der Waals surface area contributed by atoms with E-state index in [9.17, 15) is 4.79 Å². The maximum atomic E-state index is 10.9. The number of carbonyl (C=O) groups is 1. The van der Waals surface area contributed by atoms with E-state index in [1.54, 1.807) is 7.11 Å². The lowest BCUT2D eigenvalue weighted by atomic mass is 9.96. The second-order valence-electron chi connectivity index (χ2n) is 4.22. The van der Waals surface area contributed by atoms with Gasteiger partial charge in [0.25, 0.3) is 0 Å². The van der Waals surface area contributed by atoms with Crippen LogP contribution in [-0.2, 0) is 9.53 Å². The van der Waals surface area contributed by atoms with Crippen LogP contribution in [0.1, 0.15) is 47.0 Å². The van der Waals surface area contributed by atoms with Crippen LogP contribution in [0, 0.1) is 5.92 Å².